The lowest BCUT2D eigenvalue weighted by molar-refractivity contribution is 1.000. The Balaban J connectivity index is 2.54. The van der Waals surface area contributed by atoms with E-state index in [1.807, 2.05) is 0 Å². The maximum absolute atomic E-state index is 2.31. The highest BCUT2D eigenvalue weighted by Crippen LogP contribution is 2.32. The standard InChI is InChI=1S/C16H20/c1-4-14-9-5-6-10-16(14)15-11-7-8-12(2)13(15)3/h5,7-9,11H,4,6,10H2,1-3H3. The van der Waals surface area contributed by atoms with Crippen molar-refractivity contribution in [1.29, 1.82) is 0 Å². The van der Waals surface area contributed by atoms with Crippen molar-refractivity contribution in [2.45, 2.75) is 40.0 Å². The maximum atomic E-state index is 2.31. The fourth-order valence-electron chi connectivity index (χ4n) is 2.43. The monoisotopic (exact) mass is 212 g/mol. The molecule has 1 aromatic rings. The molecule has 1 aromatic carbocycles. The van der Waals surface area contributed by atoms with Crippen molar-refractivity contribution in [3.63, 3.8) is 0 Å². The van der Waals surface area contributed by atoms with Crippen molar-refractivity contribution >= 4 is 5.57 Å². The van der Waals surface area contributed by atoms with Gasteiger partial charge in [-0.25, -0.2) is 0 Å². The average Bonchev–Trinajstić information content (AvgIpc) is 2.33. The van der Waals surface area contributed by atoms with E-state index >= 15 is 0 Å². The summed E-state index contributed by atoms with van der Waals surface area (Å²) in [5, 5.41) is 0. The summed E-state index contributed by atoms with van der Waals surface area (Å²) >= 11 is 0. The van der Waals surface area contributed by atoms with Crippen LogP contribution in [0.15, 0.2) is 35.9 Å². The predicted octanol–water partition coefficient (Wildman–Crippen LogP) is 4.82. The summed E-state index contributed by atoms with van der Waals surface area (Å²) < 4.78 is 0. The number of hydrogen-bond acceptors (Lipinski definition) is 0. The lowest BCUT2D eigenvalue weighted by atomic mass is 9.87. The van der Waals surface area contributed by atoms with Crippen LogP contribution in [0.3, 0.4) is 0 Å². The van der Waals surface area contributed by atoms with Gasteiger partial charge in [0, 0.05) is 0 Å². The highest BCUT2D eigenvalue weighted by atomic mass is 14.2. The van der Waals surface area contributed by atoms with Gasteiger partial charge in [-0.1, -0.05) is 37.3 Å². The molecule has 0 bridgehead atoms. The van der Waals surface area contributed by atoms with E-state index in [1.54, 1.807) is 5.57 Å². The van der Waals surface area contributed by atoms with Gasteiger partial charge < -0.3 is 0 Å². The summed E-state index contributed by atoms with van der Waals surface area (Å²) in [6.45, 7) is 6.68. The molecule has 0 heterocycles. The molecule has 0 saturated carbocycles. The van der Waals surface area contributed by atoms with Crippen molar-refractivity contribution in [1.82, 2.24) is 0 Å². The van der Waals surface area contributed by atoms with Crippen LogP contribution in [0.4, 0.5) is 0 Å². The minimum Gasteiger partial charge on any atom is -0.0839 e. The van der Waals surface area contributed by atoms with E-state index in [0.29, 0.717) is 0 Å². The first-order valence-corrected chi connectivity index (χ1v) is 6.19. The summed E-state index contributed by atoms with van der Waals surface area (Å²) in [5.74, 6) is 0. The summed E-state index contributed by atoms with van der Waals surface area (Å²) in [6, 6.07) is 6.65. The van der Waals surface area contributed by atoms with Gasteiger partial charge >= 0.3 is 0 Å². The molecule has 0 amide bonds. The van der Waals surface area contributed by atoms with Crippen molar-refractivity contribution in [3.8, 4) is 0 Å². The van der Waals surface area contributed by atoms with Gasteiger partial charge in [-0.15, -0.1) is 0 Å². The Kier molecular flexibility index (Phi) is 3.28. The van der Waals surface area contributed by atoms with Crippen molar-refractivity contribution in [2.75, 3.05) is 0 Å². The van der Waals surface area contributed by atoms with Crippen LogP contribution in [0, 0.1) is 13.8 Å². The number of hydrogen-bond donors (Lipinski definition) is 0. The molecule has 1 aliphatic carbocycles. The van der Waals surface area contributed by atoms with E-state index in [9.17, 15) is 0 Å². The molecule has 0 radical (unpaired) electrons. The van der Waals surface area contributed by atoms with Crippen molar-refractivity contribution < 1.29 is 0 Å². The highest BCUT2D eigenvalue weighted by Gasteiger charge is 2.11. The van der Waals surface area contributed by atoms with Gasteiger partial charge in [-0.05, 0) is 60.9 Å². The molecule has 0 unspecified atom stereocenters. The summed E-state index contributed by atoms with van der Waals surface area (Å²) in [7, 11) is 0. The molecule has 16 heavy (non-hydrogen) atoms. The van der Waals surface area contributed by atoms with Gasteiger partial charge in [0.25, 0.3) is 0 Å². The summed E-state index contributed by atoms with van der Waals surface area (Å²) in [6.07, 6.45) is 8.13. The van der Waals surface area contributed by atoms with E-state index < -0.39 is 0 Å². The van der Waals surface area contributed by atoms with Gasteiger partial charge in [0.05, 0.1) is 0 Å². The van der Waals surface area contributed by atoms with Crippen LogP contribution in [0.5, 0.6) is 0 Å². The largest absolute Gasteiger partial charge is 0.0839 e. The van der Waals surface area contributed by atoms with Crippen LogP contribution >= 0.6 is 0 Å². The van der Waals surface area contributed by atoms with E-state index in [-0.39, 0.29) is 0 Å². The van der Waals surface area contributed by atoms with Crippen LogP contribution in [0.1, 0.15) is 42.9 Å². The minimum atomic E-state index is 1.14. The first-order valence-electron chi connectivity index (χ1n) is 6.19. The molecular formula is C16H20. The Morgan fingerprint density at radius 1 is 1.19 bits per heavy atom. The first-order chi connectivity index (χ1) is 7.74. The second kappa shape index (κ2) is 4.69. The lowest BCUT2D eigenvalue weighted by Crippen LogP contribution is -1.98. The zero-order valence-electron chi connectivity index (χ0n) is 10.5. The van der Waals surface area contributed by atoms with E-state index in [2.05, 4.69) is 51.1 Å². The normalized spacial score (nSPS) is 15.7. The Morgan fingerprint density at radius 2 is 2.00 bits per heavy atom. The minimum absolute atomic E-state index is 1.14. The molecule has 0 saturated heterocycles. The Labute approximate surface area is 98.7 Å². The van der Waals surface area contributed by atoms with Gasteiger partial charge in [0.2, 0.25) is 0 Å². The number of aryl methyl sites for hydroxylation is 1. The third-order valence-electron chi connectivity index (χ3n) is 3.58. The molecule has 0 fully saturated rings. The van der Waals surface area contributed by atoms with E-state index in [4.69, 9.17) is 0 Å². The summed E-state index contributed by atoms with van der Waals surface area (Å²) in [4.78, 5) is 0. The number of allylic oxidation sites excluding steroid dienone is 4. The lowest BCUT2D eigenvalue weighted by Gasteiger charge is -2.18. The average molecular weight is 212 g/mol. The van der Waals surface area contributed by atoms with Crippen LogP contribution < -0.4 is 0 Å². The van der Waals surface area contributed by atoms with Crippen LogP contribution in [0.25, 0.3) is 5.57 Å². The molecule has 2 rings (SSSR count). The van der Waals surface area contributed by atoms with Crippen molar-refractivity contribution in [2.24, 2.45) is 0 Å². The zero-order valence-corrected chi connectivity index (χ0v) is 10.5. The van der Waals surface area contributed by atoms with Gasteiger partial charge in [-0.3, -0.25) is 0 Å². The molecule has 1 aliphatic rings. The Bertz CT molecular complexity index is 447. The quantitative estimate of drug-likeness (QED) is 0.659. The van der Waals surface area contributed by atoms with E-state index in [0.717, 1.165) is 6.42 Å². The van der Waals surface area contributed by atoms with E-state index in [1.165, 1.54) is 35.1 Å². The second-order valence-corrected chi connectivity index (χ2v) is 4.55. The molecule has 84 valence electrons. The zero-order chi connectivity index (χ0) is 11.5. The third kappa shape index (κ3) is 1.97. The molecular weight excluding hydrogens is 192 g/mol. The Hall–Kier alpha value is -1.30. The molecule has 0 aromatic heterocycles. The molecule has 0 N–H and O–H groups in total. The van der Waals surface area contributed by atoms with Crippen LogP contribution in [-0.2, 0) is 0 Å². The number of benzene rings is 1. The maximum Gasteiger partial charge on any atom is -0.0190 e. The SMILES string of the molecule is CCC1=C(c2cccc(C)c2C)CCC=C1. The summed E-state index contributed by atoms with van der Waals surface area (Å²) in [5.41, 5.74) is 7.38. The third-order valence-corrected chi connectivity index (χ3v) is 3.58. The van der Waals surface area contributed by atoms with Gasteiger partial charge in [0.1, 0.15) is 0 Å². The highest BCUT2D eigenvalue weighted by molar-refractivity contribution is 5.74. The molecule has 0 atom stereocenters. The molecule has 0 aliphatic heterocycles. The second-order valence-electron chi connectivity index (χ2n) is 4.55. The predicted molar refractivity (Wildman–Crippen MR) is 71.5 cm³/mol. The number of rotatable bonds is 2. The topological polar surface area (TPSA) is 0 Å². The van der Waals surface area contributed by atoms with Crippen molar-refractivity contribution in [3.05, 3.63) is 52.6 Å². The Morgan fingerprint density at radius 3 is 2.75 bits per heavy atom. The first kappa shape index (κ1) is 11.2. The fraction of sp³-hybridized carbons (Fsp3) is 0.375. The fourth-order valence-corrected chi connectivity index (χ4v) is 2.43. The van der Waals surface area contributed by atoms with Gasteiger partial charge in [-0.2, -0.15) is 0 Å². The molecule has 0 heteroatoms. The van der Waals surface area contributed by atoms with Gasteiger partial charge in [0.15, 0.2) is 0 Å². The smallest absolute Gasteiger partial charge is 0.0190 e. The molecule has 0 nitrogen and oxygen atoms in total. The van der Waals surface area contributed by atoms with Crippen LogP contribution in [0.2, 0.25) is 0 Å². The molecule has 0 spiro atoms. The van der Waals surface area contributed by atoms with Crippen LogP contribution in [-0.4, -0.2) is 0 Å².